The van der Waals surface area contributed by atoms with Gasteiger partial charge in [0.25, 0.3) is 11.8 Å². The molecule has 1 aliphatic rings. The molecule has 141 heavy (non-hydrogen) atoms. The molecular formula is C99H74BrF7N16O13S5. The first-order chi connectivity index (χ1) is 68.2. The van der Waals surface area contributed by atoms with Crippen LogP contribution in [0, 0.1) is 40.7 Å². The summed E-state index contributed by atoms with van der Waals surface area (Å²) in [5.74, 6) is -8.77. The van der Waals surface area contributed by atoms with Crippen LogP contribution in [0.4, 0.5) is 30.7 Å². The van der Waals surface area contributed by atoms with Crippen LogP contribution >= 0.6 is 72.6 Å². The average molecular weight is 2070 g/mol. The van der Waals surface area contributed by atoms with Crippen molar-refractivity contribution in [3.8, 4) is 0 Å². The maximum Gasteiger partial charge on any atom is 0.340 e. The fourth-order valence-corrected chi connectivity index (χ4v) is 17.3. The van der Waals surface area contributed by atoms with Crippen molar-refractivity contribution >= 4 is 251 Å². The van der Waals surface area contributed by atoms with Gasteiger partial charge in [-0.15, -0.1) is 56.7 Å². The van der Waals surface area contributed by atoms with Gasteiger partial charge in [0.05, 0.1) is 153 Å². The fraction of sp³-hybridized carbons (Fsp3) is 0.0909. The van der Waals surface area contributed by atoms with E-state index in [0.29, 0.717) is 110 Å². The predicted octanol–water partition coefficient (Wildman–Crippen LogP) is 23.1. The van der Waals surface area contributed by atoms with Crippen LogP contribution in [0.3, 0.4) is 0 Å². The lowest BCUT2D eigenvalue weighted by atomic mass is 10.1. The number of carboxylic acid groups (broad SMARTS) is 1. The number of rotatable bonds is 20. The van der Waals surface area contributed by atoms with E-state index in [1.807, 2.05) is 142 Å². The monoisotopic (exact) mass is 2070 g/mol. The second-order valence-electron chi connectivity index (χ2n) is 30.0. The van der Waals surface area contributed by atoms with Gasteiger partial charge in [-0.05, 0) is 201 Å². The number of benzene rings is 7. The van der Waals surface area contributed by atoms with E-state index in [9.17, 15) is 64.3 Å². The number of hydrogen-bond acceptors (Lipinski definition) is 24. The number of aryl methyl sites for hydroxylation is 1. The molecule has 1 saturated carbocycles. The highest BCUT2D eigenvalue weighted by Crippen LogP contribution is 2.33. The van der Waals surface area contributed by atoms with Gasteiger partial charge < -0.3 is 39.1 Å². The number of esters is 4. The third-order valence-corrected chi connectivity index (χ3v) is 25.6. The van der Waals surface area contributed by atoms with Crippen molar-refractivity contribution in [3.63, 3.8) is 0 Å². The van der Waals surface area contributed by atoms with Gasteiger partial charge in [0.2, 0.25) is 0 Å². The minimum absolute atomic E-state index is 0.0313. The minimum atomic E-state index is -1.29. The zero-order chi connectivity index (χ0) is 99.5. The smallest absolute Gasteiger partial charge is 0.340 e. The molecule has 0 bridgehead atoms. The molecule has 0 atom stereocenters. The van der Waals surface area contributed by atoms with Crippen molar-refractivity contribution < 1.29 is 92.8 Å². The number of methoxy groups -OCH3 is 4. The van der Waals surface area contributed by atoms with Gasteiger partial charge in [-0.25, -0.2) is 54.7 Å². The molecule has 0 aliphatic heterocycles. The minimum Gasteiger partial charge on any atom is -0.478 e. The van der Waals surface area contributed by atoms with Gasteiger partial charge in [0.15, 0.2) is 0 Å². The number of aromatic carboxylic acids is 1. The Balaban J connectivity index is 0.000000125. The number of fused-ring (bicyclic) bond motifs is 7. The average Bonchev–Trinajstić information content (AvgIpc) is 1.64. The summed E-state index contributed by atoms with van der Waals surface area (Å²) in [5, 5.41) is 74.0. The molecule has 0 radical (unpaired) electrons. The van der Waals surface area contributed by atoms with Crippen LogP contribution < -0.4 is 10.6 Å². The van der Waals surface area contributed by atoms with Crippen LogP contribution in [-0.4, -0.2) is 152 Å². The molecule has 29 nitrogen and oxygen atoms in total. The summed E-state index contributed by atoms with van der Waals surface area (Å²) >= 11 is 11.3. The molecule has 0 saturated heterocycles. The maximum absolute atomic E-state index is 14.3. The predicted molar refractivity (Wildman–Crippen MR) is 534 cm³/mol. The Morgan fingerprint density at radius 3 is 1.06 bits per heavy atom. The van der Waals surface area contributed by atoms with Crippen molar-refractivity contribution in [2.24, 2.45) is 7.05 Å². The maximum atomic E-state index is 14.3. The summed E-state index contributed by atoms with van der Waals surface area (Å²) in [6, 6.07) is 42.2. The van der Waals surface area contributed by atoms with Crippen molar-refractivity contribution in [3.05, 3.63) is 340 Å². The lowest BCUT2D eigenvalue weighted by molar-refractivity contribution is 0.0586. The normalized spacial score (nSPS) is 11.8. The van der Waals surface area contributed by atoms with Gasteiger partial charge >= 0.3 is 29.8 Å². The number of thiophene rings is 5. The van der Waals surface area contributed by atoms with Crippen LogP contribution in [0.1, 0.15) is 144 Å². The molecule has 7 aromatic carbocycles. The standard InChI is InChI=1S/C19H14FN3O2S.C17H14FN3OS.2C15H11FN2O2S.C14H9FN2O2S.C10H8BrFN2O2.C9H7FN2O2/c20-16-10-18-15(17(22-23-18)6-5-13-4-2-8-26-13)9-14(16)19(24)21-11-12-3-1-7-25-12;18-14-9-16-13(8-12(14)17(22)19-10-3-4-10)15(20-21-16)6-5-11-2-1-7-23-11;2*1-20-15(19)10-7-11-13(5-4-9-3-2-6-21-9)17-18-14(11)8-12(10)16;15-11-7-13-10(6-9(11)14(18)19)12(16-17-13)4-3-8-2-1-5-20-8;1-14-8-4-7(12)5(10(15)16-2)3-6(8)9(11)13-14;1-14-9(13)6-2-5-4-11-12-8(5)3-7(6)10/h1-10H,11H2,(H,21,24)(H,22,23);1-2,5-10H,3-4H2,(H,19,22)(H,20,21);2*2-8H,1H3,(H,17,18);1-7H,(H,16,17)(H,18,19);3-4H,1-2H3;2-4H,1H3,(H,11,12)/b2*6-5+;5-4+;5-4-;4-3+;;. The van der Waals surface area contributed by atoms with Crippen molar-refractivity contribution in [1.29, 1.82) is 0 Å². The van der Waals surface area contributed by atoms with Crippen molar-refractivity contribution in [1.82, 2.24) is 81.6 Å². The van der Waals surface area contributed by atoms with Crippen LogP contribution in [0.5, 0.6) is 0 Å². The van der Waals surface area contributed by atoms with E-state index in [1.54, 1.807) is 88.0 Å². The number of aromatic nitrogens is 14. The number of carbonyl (C=O) groups is 7. The highest BCUT2D eigenvalue weighted by molar-refractivity contribution is 9.10. The molecule has 2 amide bonds. The van der Waals surface area contributed by atoms with Crippen LogP contribution in [-0.2, 0) is 32.5 Å². The number of furan rings is 1. The van der Waals surface area contributed by atoms with E-state index in [2.05, 4.69) is 112 Å². The summed E-state index contributed by atoms with van der Waals surface area (Å²) < 4.78 is 122. The number of amides is 2. The Labute approximate surface area is 820 Å². The lowest BCUT2D eigenvalue weighted by Gasteiger charge is -2.05. The topological polar surface area (TPSA) is 404 Å². The summed E-state index contributed by atoms with van der Waals surface area (Å²) in [6.07, 6.45) is 23.7. The van der Waals surface area contributed by atoms with Gasteiger partial charge in [0, 0.05) is 118 Å². The zero-order valence-electron chi connectivity index (χ0n) is 74.0. The first-order valence-electron chi connectivity index (χ1n) is 41.8. The number of nitrogens with one attached hydrogen (secondary N) is 8. The number of aromatic amines is 6. The number of nitrogens with zero attached hydrogens (tertiary/aromatic N) is 8. The highest BCUT2D eigenvalue weighted by atomic mass is 79.9. The summed E-state index contributed by atoms with van der Waals surface area (Å²) in [4.78, 5) is 86.3. The Morgan fingerprint density at radius 1 is 0.411 bits per heavy atom. The van der Waals surface area contributed by atoms with Gasteiger partial charge in [-0.2, -0.15) is 35.7 Å². The second-order valence-corrected chi connectivity index (χ2v) is 35.7. The van der Waals surface area contributed by atoms with E-state index in [0.717, 1.165) is 48.7 Å². The SMILES string of the molecule is COC(=O)c1cc2c(/C=C/c3cccs3)n[nH]c2cc1F.COC(=O)c1cc2c(/C=C\c3cccs3)n[nH]c2cc1F.COC(=O)c1cc2c(Br)nn(C)c2cc1F.COC(=O)c1cc2cn[nH]c2cc1F.O=C(NC1CC1)c1cc2c(/C=C/c3cccs3)n[nH]c2cc1F.O=C(NCc1ccco1)c1cc2c(/C=C/c3cccs3)n[nH]c2cc1F.O=C(O)c1cc2c(/C=C/c3cccs3)n[nH]c2cc1F. The quantitative estimate of drug-likeness (QED) is 0.0194. The number of hydrogen-bond donors (Lipinski definition) is 9. The number of carboxylic acids is 1. The molecule has 13 heterocycles. The van der Waals surface area contributed by atoms with Crippen LogP contribution in [0.2, 0.25) is 0 Å². The zero-order valence-corrected chi connectivity index (χ0v) is 79.7. The molecule has 714 valence electrons. The summed E-state index contributed by atoms with van der Waals surface area (Å²) in [5.41, 5.74) is 6.32. The Kier molecular flexibility index (Phi) is 32.1. The van der Waals surface area contributed by atoms with E-state index < -0.39 is 76.5 Å². The van der Waals surface area contributed by atoms with Crippen molar-refractivity contribution in [2.45, 2.75) is 25.4 Å². The fourth-order valence-electron chi connectivity index (χ4n) is 13.6. The number of carbonyl (C=O) groups excluding carboxylic acids is 6. The molecule has 13 aromatic heterocycles. The van der Waals surface area contributed by atoms with E-state index in [4.69, 9.17) is 9.52 Å². The Morgan fingerprint density at radius 2 is 0.730 bits per heavy atom. The molecule has 1 fully saturated rings. The Hall–Kier alpha value is -16.4. The summed E-state index contributed by atoms with van der Waals surface area (Å²) in [7, 11) is 6.56. The second kappa shape index (κ2) is 45.7. The first kappa shape index (κ1) is 99.1. The molecule has 20 aromatic rings. The molecule has 0 unspecified atom stereocenters. The van der Waals surface area contributed by atoms with E-state index >= 15 is 0 Å². The number of H-pyrrole nitrogens is 6. The molecule has 42 heteroatoms. The van der Waals surface area contributed by atoms with E-state index in [-0.39, 0.29) is 57.4 Å². The van der Waals surface area contributed by atoms with E-state index in [1.165, 1.54) is 118 Å². The largest absolute Gasteiger partial charge is 0.478 e. The molecule has 1 aliphatic carbocycles. The highest BCUT2D eigenvalue weighted by Gasteiger charge is 2.27. The van der Waals surface area contributed by atoms with Gasteiger partial charge in [0.1, 0.15) is 51.1 Å². The molecular weight excluding hydrogens is 1990 g/mol. The third kappa shape index (κ3) is 24.4. The number of ether oxygens (including phenoxy) is 4. The summed E-state index contributed by atoms with van der Waals surface area (Å²) in [6.45, 7) is 0.194. The first-order valence-corrected chi connectivity index (χ1v) is 47.0. The van der Waals surface area contributed by atoms with Gasteiger partial charge in [-0.1, -0.05) is 30.3 Å². The number of halogens is 8. The third-order valence-electron chi connectivity index (χ3n) is 20.8. The Bertz CT molecular complexity index is 7960. The van der Waals surface area contributed by atoms with Crippen LogP contribution in [0.15, 0.2) is 206 Å². The molecule has 21 rings (SSSR count). The lowest BCUT2D eigenvalue weighted by Crippen LogP contribution is -2.26. The van der Waals surface area contributed by atoms with Gasteiger partial charge in [-0.3, -0.25) is 44.9 Å². The van der Waals surface area contributed by atoms with Crippen LogP contribution in [0.25, 0.3) is 137 Å². The molecule has 0 spiro atoms. The van der Waals surface area contributed by atoms with Crippen molar-refractivity contribution in [2.75, 3.05) is 28.4 Å². The molecule has 9 N–H and O–H groups in total.